The Morgan fingerprint density at radius 1 is 0.905 bits per heavy atom. The third-order valence-corrected chi connectivity index (χ3v) is 3.37. The molecule has 0 fully saturated rings. The lowest BCUT2D eigenvalue weighted by molar-refractivity contribution is 0.404. The van der Waals surface area contributed by atoms with Crippen molar-refractivity contribution in [1.82, 2.24) is 0 Å². The average molecular weight is 307 g/mol. The molecule has 2 aromatic rings. The number of methoxy groups -OCH3 is 2. The maximum Gasteiger partial charge on any atom is 0.142 e. The van der Waals surface area contributed by atoms with Gasteiger partial charge in [-0.25, -0.2) is 0 Å². The van der Waals surface area contributed by atoms with Crippen LogP contribution < -0.4 is 20.1 Å². The van der Waals surface area contributed by atoms with Crippen molar-refractivity contribution in [3.8, 4) is 11.5 Å². The maximum absolute atomic E-state index is 6.09. The summed E-state index contributed by atoms with van der Waals surface area (Å²) in [5.74, 6) is 1.57. The first-order valence-corrected chi connectivity index (χ1v) is 7.06. The summed E-state index contributed by atoms with van der Waals surface area (Å²) in [7, 11) is 3.29. The van der Waals surface area contributed by atoms with E-state index >= 15 is 0 Å². The fourth-order valence-corrected chi connectivity index (χ4v) is 2.15. The van der Waals surface area contributed by atoms with Gasteiger partial charge in [0.25, 0.3) is 0 Å². The van der Waals surface area contributed by atoms with E-state index in [4.69, 9.17) is 21.1 Å². The number of hydrogen-bond acceptors (Lipinski definition) is 4. The summed E-state index contributed by atoms with van der Waals surface area (Å²) in [5.41, 5.74) is 1.83. The van der Waals surface area contributed by atoms with Gasteiger partial charge in [-0.3, -0.25) is 0 Å². The largest absolute Gasteiger partial charge is 0.497 e. The second kappa shape index (κ2) is 7.64. The van der Waals surface area contributed by atoms with E-state index in [9.17, 15) is 0 Å². The van der Waals surface area contributed by atoms with E-state index in [1.165, 1.54) is 0 Å². The number of para-hydroxylation sites is 1. The number of halogens is 1. The van der Waals surface area contributed by atoms with Gasteiger partial charge in [0.2, 0.25) is 0 Å². The molecule has 2 N–H and O–H groups in total. The van der Waals surface area contributed by atoms with Gasteiger partial charge in [-0.05, 0) is 24.3 Å². The molecule has 0 radical (unpaired) electrons. The van der Waals surface area contributed by atoms with Crippen LogP contribution in [0.25, 0.3) is 0 Å². The van der Waals surface area contributed by atoms with Gasteiger partial charge in [0.1, 0.15) is 11.5 Å². The highest BCUT2D eigenvalue weighted by Gasteiger charge is 2.04. The number of rotatable bonds is 7. The van der Waals surface area contributed by atoms with Crippen LogP contribution in [0.3, 0.4) is 0 Å². The van der Waals surface area contributed by atoms with Crippen molar-refractivity contribution < 1.29 is 9.47 Å². The third-order valence-electron chi connectivity index (χ3n) is 3.04. The Morgan fingerprint density at radius 3 is 2.29 bits per heavy atom. The van der Waals surface area contributed by atoms with E-state index < -0.39 is 0 Å². The molecule has 112 valence electrons. The predicted molar refractivity (Wildman–Crippen MR) is 88.0 cm³/mol. The Balaban J connectivity index is 1.90. The van der Waals surface area contributed by atoms with Crippen molar-refractivity contribution in [3.63, 3.8) is 0 Å². The zero-order valence-corrected chi connectivity index (χ0v) is 12.9. The Hall–Kier alpha value is -2.07. The van der Waals surface area contributed by atoms with Crippen molar-refractivity contribution in [2.24, 2.45) is 0 Å². The summed E-state index contributed by atoms with van der Waals surface area (Å²) in [6, 6.07) is 13.3. The molecule has 5 heteroatoms. The monoisotopic (exact) mass is 306 g/mol. The maximum atomic E-state index is 6.09. The quantitative estimate of drug-likeness (QED) is 0.762. The van der Waals surface area contributed by atoms with Crippen LogP contribution in [-0.2, 0) is 0 Å². The fraction of sp³-hybridized carbons (Fsp3) is 0.250. The normalized spacial score (nSPS) is 10.0. The summed E-state index contributed by atoms with van der Waals surface area (Å²) >= 11 is 6.09. The van der Waals surface area contributed by atoms with Gasteiger partial charge in [0.05, 0.1) is 30.6 Å². The molecule has 0 aliphatic carbocycles. The topological polar surface area (TPSA) is 42.5 Å². The van der Waals surface area contributed by atoms with Gasteiger partial charge in [-0.1, -0.05) is 23.7 Å². The molecule has 2 rings (SSSR count). The van der Waals surface area contributed by atoms with Crippen LogP contribution in [0.4, 0.5) is 11.4 Å². The van der Waals surface area contributed by atoms with Crippen LogP contribution >= 0.6 is 11.6 Å². The number of hydrogen-bond donors (Lipinski definition) is 2. The van der Waals surface area contributed by atoms with Gasteiger partial charge >= 0.3 is 0 Å². The molecule has 0 unspecified atom stereocenters. The first-order chi connectivity index (χ1) is 10.2. The van der Waals surface area contributed by atoms with Crippen LogP contribution in [0.1, 0.15) is 0 Å². The smallest absolute Gasteiger partial charge is 0.142 e. The summed E-state index contributed by atoms with van der Waals surface area (Å²) < 4.78 is 10.5. The van der Waals surface area contributed by atoms with E-state index in [1.54, 1.807) is 14.2 Å². The van der Waals surface area contributed by atoms with Crippen molar-refractivity contribution >= 4 is 23.0 Å². The zero-order valence-electron chi connectivity index (χ0n) is 12.2. The van der Waals surface area contributed by atoms with Crippen LogP contribution in [0, 0.1) is 0 Å². The Labute approximate surface area is 130 Å². The van der Waals surface area contributed by atoms with E-state index in [2.05, 4.69) is 10.6 Å². The highest BCUT2D eigenvalue weighted by atomic mass is 35.5. The van der Waals surface area contributed by atoms with E-state index in [0.29, 0.717) is 0 Å². The highest BCUT2D eigenvalue weighted by Crippen LogP contribution is 2.28. The molecule has 0 spiro atoms. The van der Waals surface area contributed by atoms with E-state index in [-0.39, 0.29) is 0 Å². The molecule has 0 aliphatic rings. The first kappa shape index (κ1) is 15.3. The molecule has 0 amide bonds. The second-order valence-corrected chi connectivity index (χ2v) is 4.81. The molecule has 0 aliphatic heterocycles. The molecule has 0 atom stereocenters. The van der Waals surface area contributed by atoms with Crippen LogP contribution in [0.15, 0.2) is 42.5 Å². The van der Waals surface area contributed by atoms with Crippen LogP contribution in [-0.4, -0.2) is 27.3 Å². The number of anilines is 2. The third kappa shape index (κ3) is 4.20. The lowest BCUT2D eigenvalue weighted by Crippen LogP contribution is -2.14. The van der Waals surface area contributed by atoms with Crippen molar-refractivity contribution in [2.75, 3.05) is 37.9 Å². The number of ether oxygens (including phenoxy) is 2. The summed E-state index contributed by atoms with van der Waals surface area (Å²) in [4.78, 5) is 0. The molecule has 0 saturated carbocycles. The van der Waals surface area contributed by atoms with Crippen LogP contribution in [0.2, 0.25) is 5.02 Å². The molecule has 0 aromatic heterocycles. The highest BCUT2D eigenvalue weighted by molar-refractivity contribution is 6.33. The molecule has 21 heavy (non-hydrogen) atoms. The standard InChI is InChI=1S/C16H19ClN2O2/c1-20-12-7-8-16(21-2)15(11-12)19-10-9-18-14-6-4-3-5-13(14)17/h3-8,11,18-19H,9-10H2,1-2H3. The minimum absolute atomic E-state index is 0.719. The number of benzene rings is 2. The van der Waals surface area contributed by atoms with Crippen molar-refractivity contribution in [2.45, 2.75) is 0 Å². The zero-order chi connectivity index (χ0) is 15.1. The SMILES string of the molecule is COc1ccc(OC)c(NCCNc2ccccc2Cl)c1. The van der Waals surface area contributed by atoms with Gasteiger partial charge in [-0.15, -0.1) is 0 Å². The predicted octanol–water partition coefficient (Wildman–Crippen LogP) is 3.88. The van der Waals surface area contributed by atoms with E-state index in [0.717, 1.165) is 41.0 Å². The molecule has 4 nitrogen and oxygen atoms in total. The molecule has 0 saturated heterocycles. The summed E-state index contributed by atoms with van der Waals surface area (Å²) in [5, 5.41) is 7.32. The van der Waals surface area contributed by atoms with Crippen molar-refractivity contribution in [1.29, 1.82) is 0 Å². The van der Waals surface area contributed by atoms with Gasteiger partial charge < -0.3 is 20.1 Å². The Kier molecular flexibility index (Phi) is 5.58. The van der Waals surface area contributed by atoms with Crippen molar-refractivity contribution in [3.05, 3.63) is 47.5 Å². The number of nitrogens with one attached hydrogen (secondary N) is 2. The van der Waals surface area contributed by atoms with Crippen LogP contribution in [0.5, 0.6) is 11.5 Å². The molecule has 0 heterocycles. The first-order valence-electron chi connectivity index (χ1n) is 6.69. The Bertz CT molecular complexity index is 590. The van der Waals surface area contributed by atoms with Gasteiger partial charge in [-0.2, -0.15) is 0 Å². The van der Waals surface area contributed by atoms with Gasteiger partial charge in [0.15, 0.2) is 0 Å². The Morgan fingerprint density at radius 2 is 1.62 bits per heavy atom. The average Bonchev–Trinajstić information content (AvgIpc) is 2.52. The molecule has 2 aromatic carbocycles. The lowest BCUT2D eigenvalue weighted by Gasteiger charge is -2.13. The summed E-state index contributed by atoms with van der Waals surface area (Å²) in [6.45, 7) is 1.47. The fourth-order valence-electron chi connectivity index (χ4n) is 1.95. The van der Waals surface area contributed by atoms with Gasteiger partial charge in [0, 0.05) is 19.2 Å². The molecular formula is C16H19ClN2O2. The summed E-state index contributed by atoms with van der Waals surface area (Å²) in [6.07, 6.45) is 0. The minimum atomic E-state index is 0.719. The lowest BCUT2D eigenvalue weighted by atomic mass is 10.2. The minimum Gasteiger partial charge on any atom is -0.497 e. The van der Waals surface area contributed by atoms with E-state index in [1.807, 2.05) is 42.5 Å². The molecule has 0 bridgehead atoms. The molecular weight excluding hydrogens is 288 g/mol. The second-order valence-electron chi connectivity index (χ2n) is 4.40.